The molecule has 5 heteroatoms. The van der Waals surface area contributed by atoms with Crippen molar-refractivity contribution in [2.45, 2.75) is 76.9 Å². The van der Waals surface area contributed by atoms with Crippen LogP contribution in [0.25, 0.3) is 0 Å². The second kappa shape index (κ2) is 8.19. The van der Waals surface area contributed by atoms with Crippen LogP contribution in [0.5, 0.6) is 5.75 Å². The van der Waals surface area contributed by atoms with Crippen molar-refractivity contribution in [3.63, 3.8) is 0 Å². The molecule has 2 bridgehead atoms. The zero-order valence-electron chi connectivity index (χ0n) is 24.3. The molecule has 1 saturated heterocycles. The third-order valence-corrected chi connectivity index (χ3v) is 13.4. The quantitative estimate of drug-likeness (QED) is 0.416. The lowest BCUT2D eigenvalue weighted by Gasteiger charge is -2.59. The SMILES string of the molecule is COc1ccc([C@@]23C=C[C@]4(CCCC[C@@]42C)[C@H]2[C@@H]4C(=O)[C@H]5CC(C)=C(C)C[C@H]5C5(OCCO5)[C@@H]4CC(=O)[C@H]23)cc1. The highest BCUT2D eigenvalue weighted by Gasteiger charge is 2.81. The summed E-state index contributed by atoms with van der Waals surface area (Å²) in [6.45, 7) is 7.92. The molecule has 1 spiro atoms. The maximum atomic E-state index is 14.9. The Balaban J connectivity index is 1.34. The van der Waals surface area contributed by atoms with Crippen LogP contribution < -0.4 is 4.74 Å². The molecule has 5 nitrogen and oxygen atoms in total. The third-order valence-electron chi connectivity index (χ3n) is 13.4. The van der Waals surface area contributed by atoms with Crippen LogP contribution >= 0.6 is 0 Å². The molecule has 1 aromatic rings. The number of ketones is 2. The number of methoxy groups -OCH3 is 1. The first kappa shape index (κ1) is 25.5. The molecule has 212 valence electrons. The number of benzene rings is 1. The first-order chi connectivity index (χ1) is 19.2. The fourth-order valence-corrected chi connectivity index (χ4v) is 11.7. The summed E-state index contributed by atoms with van der Waals surface area (Å²) in [6.07, 6.45) is 11.3. The number of rotatable bonds is 2. The number of carbonyl (C=O) groups excluding carboxylic acids is 2. The van der Waals surface area contributed by atoms with Gasteiger partial charge in [0.25, 0.3) is 0 Å². The van der Waals surface area contributed by atoms with Gasteiger partial charge in [0.05, 0.1) is 20.3 Å². The van der Waals surface area contributed by atoms with Gasteiger partial charge in [-0.15, -0.1) is 0 Å². The number of ether oxygens (including phenoxy) is 3. The van der Waals surface area contributed by atoms with E-state index in [0.717, 1.165) is 44.3 Å². The van der Waals surface area contributed by atoms with Crippen LogP contribution in [-0.4, -0.2) is 37.7 Å². The van der Waals surface area contributed by atoms with Gasteiger partial charge in [-0.3, -0.25) is 9.59 Å². The summed E-state index contributed by atoms with van der Waals surface area (Å²) in [7, 11) is 1.70. The smallest absolute Gasteiger partial charge is 0.176 e. The van der Waals surface area contributed by atoms with Gasteiger partial charge >= 0.3 is 0 Å². The third kappa shape index (κ3) is 2.69. The highest BCUT2D eigenvalue weighted by molar-refractivity contribution is 5.94. The molecule has 5 fully saturated rings. The van der Waals surface area contributed by atoms with E-state index in [2.05, 4.69) is 45.1 Å². The number of Topliss-reactive ketones (excluding diaryl/α,β-unsaturated/α-hetero) is 2. The maximum absolute atomic E-state index is 14.9. The molecule has 4 saturated carbocycles. The molecule has 7 aliphatic rings. The monoisotopic (exact) mass is 542 g/mol. The molecule has 40 heavy (non-hydrogen) atoms. The molecular weight excluding hydrogens is 500 g/mol. The highest BCUT2D eigenvalue weighted by atomic mass is 16.7. The van der Waals surface area contributed by atoms with Gasteiger partial charge in [-0.05, 0) is 74.0 Å². The van der Waals surface area contributed by atoms with E-state index in [4.69, 9.17) is 14.2 Å². The van der Waals surface area contributed by atoms with E-state index < -0.39 is 11.2 Å². The Morgan fingerprint density at radius 2 is 1.57 bits per heavy atom. The molecular formula is C35H42O5. The lowest BCUT2D eigenvalue weighted by molar-refractivity contribution is -0.275. The van der Waals surface area contributed by atoms with Gasteiger partial charge in [0.2, 0.25) is 0 Å². The van der Waals surface area contributed by atoms with Crippen LogP contribution in [0.2, 0.25) is 0 Å². The fraction of sp³-hybridized carbons (Fsp3) is 0.657. The first-order valence-electron chi connectivity index (χ1n) is 15.6. The second-order valence-corrected chi connectivity index (χ2v) is 14.3. The number of carbonyl (C=O) groups is 2. The molecule has 1 aliphatic heterocycles. The van der Waals surface area contributed by atoms with Gasteiger partial charge < -0.3 is 14.2 Å². The van der Waals surface area contributed by atoms with Gasteiger partial charge in [-0.2, -0.15) is 0 Å². The minimum atomic E-state index is -0.827. The predicted octanol–water partition coefficient (Wildman–Crippen LogP) is 6.21. The van der Waals surface area contributed by atoms with Crippen molar-refractivity contribution < 1.29 is 23.8 Å². The maximum Gasteiger partial charge on any atom is 0.176 e. The van der Waals surface area contributed by atoms with E-state index in [9.17, 15) is 9.59 Å². The summed E-state index contributed by atoms with van der Waals surface area (Å²) in [6, 6.07) is 8.45. The molecule has 0 N–H and O–H groups in total. The highest BCUT2D eigenvalue weighted by Crippen LogP contribution is 2.81. The van der Waals surface area contributed by atoms with E-state index in [1.807, 2.05) is 12.1 Å². The molecule has 0 aromatic heterocycles. The van der Waals surface area contributed by atoms with E-state index >= 15 is 0 Å². The summed E-state index contributed by atoms with van der Waals surface area (Å²) in [4.78, 5) is 29.7. The Labute approximate surface area is 237 Å². The van der Waals surface area contributed by atoms with Crippen LogP contribution in [0.4, 0.5) is 0 Å². The molecule has 0 radical (unpaired) electrons. The Hall–Kier alpha value is -2.24. The molecule has 1 heterocycles. The van der Waals surface area contributed by atoms with Crippen molar-refractivity contribution in [2.24, 2.45) is 46.3 Å². The van der Waals surface area contributed by atoms with Crippen molar-refractivity contribution >= 4 is 11.6 Å². The molecule has 9 atom stereocenters. The van der Waals surface area contributed by atoms with Crippen LogP contribution in [0.1, 0.15) is 71.3 Å². The Kier molecular flexibility index (Phi) is 5.21. The van der Waals surface area contributed by atoms with Crippen LogP contribution in [-0.2, 0) is 24.5 Å². The zero-order chi connectivity index (χ0) is 27.7. The van der Waals surface area contributed by atoms with E-state index in [0.29, 0.717) is 31.2 Å². The largest absolute Gasteiger partial charge is 0.497 e. The van der Waals surface area contributed by atoms with Gasteiger partial charge in [0, 0.05) is 41.4 Å². The summed E-state index contributed by atoms with van der Waals surface area (Å²) < 4.78 is 18.8. The normalized spacial score (nSPS) is 46.3. The van der Waals surface area contributed by atoms with Gasteiger partial charge in [-0.1, -0.05) is 55.2 Å². The Bertz CT molecular complexity index is 1350. The van der Waals surface area contributed by atoms with E-state index in [-0.39, 0.29) is 46.3 Å². The standard InChI is InChI=1S/C35H42O5/c1-20-17-24-25(18-21(20)2)35(39-15-16-40-35)26-19-27(36)29-30(28(26)31(24)37)33-12-6-5-11-32(33,3)34(29,14-13-33)22-7-9-23(38-4)10-8-22/h7-10,13-14,24-26,28-30H,5-6,11-12,15-19H2,1-4H3/t24-,25+,26+,28+,29+,30-,32-,33+,34+/m0/s1. The first-order valence-corrected chi connectivity index (χ1v) is 15.6. The Morgan fingerprint density at radius 3 is 2.30 bits per heavy atom. The molecule has 0 unspecified atom stereocenters. The van der Waals surface area contributed by atoms with E-state index in [1.54, 1.807) is 7.11 Å². The lowest BCUT2D eigenvalue weighted by atomic mass is 9.46. The lowest BCUT2D eigenvalue weighted by Crippen LogP contribution is -2.66. The van der Waals surface area contributed by atoms with Crippen molar-refractivity contribution in [2.75, 3.05) is 20.3 Å². The van der Waals surface area contributed by atoms with E-state index in [1.165, 1.54) is 16.7 Å². The summed E-state index contributed by atoms with van der Waals surface area (Å²) in [5.74, 6) is -0.0217. The van der Waals surface area contributed by atoms with Gasteiger partial charge in [0.1, 0.15) is 17.3 Å². The second-order valence-electron chi connectivity index (χ2n) is 14.3. The van der Waals surface area contributed by atoms with Crippen LogP contribution in [0.15, 0.2) is 47.6 Å². The summed E-state index contributed by atoms with van der Waals surface area (Å²) in [5.41, 5.74) is 3.19. The minimum Gasteiger partial charge on any atom is -0.497 e. The van der Waals surface area contributed by atoms with Crippen molar-refractivity contribution in [3.8, 4) is 5.75 Å². The van der Waals surface area contributed by atoms with Crippen molar-refractivity contribution in [3.05, 3.63) is 53.1 Å². The minimum absolute atomic E-state index is 0.00304. The van der Waals surface area contributed by atoms with Gasteiger partial charge in [0.15, 0.2) is 5.79 Å². The molecule has 8 rings (SSSR count). The average Bonchev–Trinajstić information content (AvgIpc) is 3.61. The fourth-order valence-electron chi connectivity index (χ4n) is 11.7. The Morgan fingerprint density at radius 1 is 0.875 bits per heavy atom. The van der Waals surface area contributed by atoms with Gasteiger partial charge in [-0.25, -0.2) is 0 Å². The zero-order valence-corrected chi connectivity index (χ0v) is 24.3. The number of hydrogen-bond acceptors (Lipinski definition) is 5. The molecule has 0 amide bonds. The molecule has 6 aliphatic carbocycles. The topological polar surface area (TPSA) is 61.8 Å². The van der Waals surface area contributed by atoms with Crippen molar-refractivity contribution in [1.29, 1.82) is 0 Å². The summed E-state index contributed by atoms with van der Waals surface area (Å²) >= 11 is 0. The van der Waals surface area contributed by atoms with Crippen molar-refractivity contribution in [1.82, 2.24) is 0 Å². The summed E-state index contributed by atoms with van der Waals surface area (Å²) in [5, 5.41) is 0. The molecule has 1 aromatic carbocycles. The van der Waals surface area contributed by atoms with Crippen LogP contribution in [0.3, 0.4) is 0 Å². The predicted molar refractivity (Wildman–Crippen MR) is 151 cm³/mol. The number of allylic oxidation sites excluding steroid dienone is 4. The average molecular weight is 543 g/mol. The number of fused-ring (bicyclic) bond motifs is 7. The van der Waals surface area contributed by atoms with Crippen LogP contribution in [0, 0.1) is 46.3 Å². The number of hydrogen-bond donors (Lipinski definition) is 0.